The quantitative estimate of drug-likeness (QED) is 0.357. The normalized spacial score (nSPS) is 13.8. The second-order valence-electron chi connectivity index (χ2n) is 4.35. The Hall–Kier alpha value is -0.0600. The second kappa shape index (κ2) is 7.47. The molecular formula is C15H9Br2Cl3O. The molecule has 0 aliphatic heterocycles. The van der Waals surface area contributed by atoms with Gasteiger partial charge in [0.05, 0.1) is 19.7 Å². The fourth-order valence-electron chi connectivity index (χ4n) is 1.76. The van der Waals surface area contributed by atoms with E-state index in [2.05, 4.69) is 31.9 Å². The van der Waals surface area contributed by atoms with Gasteiger partial charge in [-0.3, -0.25) is 4.79 Å². The summed E-state index contributed by atoms with van der Waals surface area (Å²) in [6.07, 6.45) is 0. The van der Waals surface area contributed by atoms with Crippen LogP contribution in [-0.2, 0) is 0 Å². The van der Waals surface area contributed by atoms with Crippen molar-refractivity contribution < 1.29 is 4.79 Å². The van der Waals surface area contributed by atoms with Crippen molar-refractivity contribution in [3.05, 3.63) is 68.7 Å². The molecule has 2 rings (SSSR count). The zero-order valence-corrected chi connectivity index (χ0v) is 15.9. The highest BCUT2D eigenvalue weighted by atomic mass is 79.9. The number of hydrogen-bond donors (Lipinski definition) is 0. The lowest BCUT2D eigenvalue weighted by Gasteiger charge is -2.16. The van der Waals surface area contributed by atoms with E-state index < -0.39 is 4.83 Å². The maximum absolute atomic E-state index is 12.5. The van der Waals surface area contributed by atoms with E-state index in [-0.39, 0.29) is 10.6 Å². The highest BCUT2D eigenvalue weighted by molar-refractivity contribution is 9.12. The van der Waals surface area contributed by atoms with Gasteiger partial charge in [-0.05, 0) is 35.9 Å². The van der Waals surface area contributed by atoms with Gasteiger partial charge >= 0.3 is 0 Å². The van der Waals surface area contributed by atoms with Crippen LogP contribution in [0.3, 0.4) is 0 Å². The maximum atomic E-state index is 12.5. The van der Waals surface area contributed by atoms with Crippen LogP contribution >= 0.6 is 66.7 Å². The molecule has 2 unspecified atom stereocenters. The van der Waals surface area contributed by atoms with Gasteiger partial charge in [0.1, 0.15) is 0 Å². The van der Waals surface area contributed by atoms with Crippen molar-refractivity contribution in [2.75, 3.05) is 0 Å². The van der Waals surface area contributed by atoms with Crippen molar-refractivity contribution in [3.8, 4) is 0 Å². The minimum absolute atomic E-state index is 0.0783. The Labute approximate surface area is 154 Å². The van der Waals surface area contributed by atoms with Gasteiger partial charge in [-0.25, -0.2) is 0 Å². The number of rotatable bonds is 4. The summed E-state index contributed by atoms with van der Waals surface area (Å²) < 4.78 is 0. The van der Waals surface area contributed by atoms with Crippen molar-refractivity contribution in [2.24, 2.45) is 0 Å². The molecule has 0 aliphatic rings. The van der Waals surface area contributed by atoms with Crippen LogP contribution in [0.4, 0.5) is 0 Å². The molecule has 21 heavy (non-hydrogen) atoms. The first kappa shape index (κ1) is 17.3. The highest BCUT2D eigenvalue weighted by Gasteiger charge is 2.26. The minimum Gasteiger partial charge on any atom is -0.293 e. The number of carbonyl (C=O) groups excluding carboxylic acids is 1. The summed E-state index contributed by atoms with van der Waals surface area (Å²) in [7, 11) is 0. The number of ketones is 1. The fraction of sp³-hybridized carbons (Fsp3) is 0.133. The number of benzene rings is 2. The molecule has 0 aliphatic carbocycles. The van der Waals surface area contributed by atoms with E-state index in [1.165, 1.54) is 0 Å². The fourth-order valence-corrected chi connectivity index (χ4v) is 3.30. The molecule has 0 radical (unpaired) electrons. The molecule has 2 aromatic carbocycles. The molecular weight excluding hydrogens is 462 g/mol. The number of carbonyl (C=O) groups is 1. The van der Waals surface area contributed by atoms with Gasteiger partial charge < -0.3 is 0 Å². The third-order valence-electron chi connectivity index (χ3n) is 2.90. The van der Waals surface area contributed by atoms with Crippen LogP contribution in [0.25, 0.3) is 0 Å². The summed E-state index contributed by atoms with van der Waals surface area (Å²) in [5.41, 5.74) is 1.46. The monoisotopic (exact) mass is 468 g/mol. The average molecular weight is 471 g/mol. The summed E-state index contributed by atoms with van der Waals surface area (Å²) in [6.45, 7) is 0. The zero-order chi connectivity index (χ0) is 15.6. The van der Waals surface area contributed by atoms with E-state index in [9.17, 15) is 4.79 Å². The van der Waals surface area contributed by atoms with Crippen LogP contribution < -0.4 is 0 Å². The highest BCUT2D eigenvalue weighted by Crippen LogP contribution is 2.34. The summed E-state index contributed by atoms with van der Waals surface area (Å²) in [5.74, 6) is -0.0783. The predicted octanol–water partition coefficient (Wildman–Crippen LogP) is 6.73. The lowest BCUT2D eigenvalue weighted by atomic mass is 10.0. The molecule has 0 N–H and O–H groups in total. The molecule has 1 nitrogen and oxygen atoms in total. The average Bonchev–Trinajstić information content (AvgIpc) is 2.48. The van der Waals surface area contributed by atoms with E-state index >= 15 is 0 Å². The molecule has 6 heteroatoms. The van der Waals surface area contributed by atoms with Gasteiger partial charge in [-0.2, -0.15) is 0 Å². The Balaban J connectivity index is 2.21. The van der Waals surface area contributed by atoms with Crippen LogP contribution in [0.2, 0.25) is 15.1 Å². The molecule has 0 fully saturated rings. The van der Waals surface area contributed by atoms with E-state index in [1.54, 1.807) is 30.3 Å². The van der Waals surface area contributed by atoms with Gasteiger partial charge in [0, 0.05) is 10.6 Å². The van der Waals surface area contributed by atoms with E-state index in [1.807, 2.05) is 12.1 Å². The first-order valence-corrected chi connectivity index (χ1v) is 8.89. The lowest BCUT2D eigenvalue weighted by Crippen LogP contribution is -2.19. The Morgan fingerprint density at radius 3 is 2.10 bits per heavy atom. The number of hydrogen-bond acceptors (Lipinski definition) is 1. The molecule has 0 spiro atoms. The van der Waals surface area contributed by atoms with Crippen molar-refractivity contribution in [2.45, 2.75) is 9.65 Å². The minimum atomic E-state index is -0.434. The molecule has 0 amide bonds. The van der Waals surface area contributed by atoms with Crippen molar-refractivity contribution >= 4 is 72.4 Å². The van der Waals surface area contributed by atoms with Gasteiger partial charge in [-0.15, -0.1) is 0 Å². The van der Waals surface area contributed by atoms with E-state index in [4.69, 9.17) is 34.8 Å². The van der Waals surface area contributed by atoms with Crippen LogP contribution in [0.1, 0.15) is 20.7 Å². The smallest absolute Gasteiger partial charge is 0.177 e. The summed E-state index contributed by atoms with van der Waals surface area (Å²) in [6, 6.07) is 12.2. The first-order valence-electron chi connectivity index (χ1n) is 5.93. The first-order chi connectivity index (χ1) is 9.90. The number of Topliss-reactive ketones (excluding diaryl/α,β-unsaturated/α-hetero) is 1. The van der Waals surface area contributed by atoms with Crippen molar-refractivity contribution in [1.82, 2.24) is 0 Å². The second-order valence-corrected chi connectivity index (χ2v) is 7.57. The van der Waals surface area contributed by atoms with Crippen LogP contribution in [0, 0.1) is 0 Å². The van der Waals surface area contributed by atoms with Crippen molar-refractivity contribution in [1.29, 1.82) is 0 Å². The molecule has 0 bridgehead atoms. The van der Waals surface area contributed by atoms with Gasteiger partial charge in [-0.1, -0.05) is 78.8 Å². The molecule has 2 aromatic rings. The molecule has 0 aromatic heterocycles. The Kier molecular flexibility index (Phi) is 6.15. The predicted molar refractivity (Wildman–Crippen MR) is 96.6 cm³/mol. The zero-order valence-electron chi connectivity index (χ0n) is 10.5. The third kappa shape index (κ3) is 4.23. The third-order valence-corrected chi connectivity index (χ3v) is 6.60. The van der Waals surface area contributed by atoms with Crippen LogP contribution in [-0.4, -0.2) is 10.6 Å². The molecule has 0 saturated heterocycles. The van der Waals surface area contributed by atoms with E-state index in [0.717, 1.165) is 5.56 Å². The molecule has 110 valence electrons. The van der Waals surface area contributed by atoms with Gasteiger partial charge in [0.25, 0.3) is 0 Å². The lowest BCUT2D eigenvalue weighted by molar-refractivity contribution is 0.0991. The van der Waals surface area contributed by atoms with Crippen LogP contribution in [0.15, 0.2) is 42.5 Å². The van der Waals surface area contributed by atoms with Gasteiger partial charge in [0.15, 0.2) is 5.78 Å². The summed E-state index contributed by atoms with van der Waals surface area (Å²) in [5, 5.41) is 1.44. The number of alkyl halides is 2. The SMILES string of the molecule is O=C(c1ccc(Cl)c(Cl)c1)C(Br)C(Br)c1ccc(Cl)cc1. The summed E-state index contributed by atoms with van der Waals surface area (Å²) >= 11 is 24.7. The largest absolute Gasteiger partial charge is 0.293 e. The summed E-state index contributed by atoms with van der Waals surface area (Å²) in [4.78, 5) is 11.9. The van der Waals surface area contributed by atoms with Crippen molar-refractivity contribution in [3.63, 3.8) is 0 Å². The molecule has 0 saturated carbocycles. The standard InChI is InChI=1S/C15H9Br2Cl3O/c16-13(8-1-4-10(18)5-2-8)14(17)15(21)9-3-6-11(19)12(20)7-9/h1-7,13-14H. The number of halogens is 5. The molecule has 0 heterocycles. The topological polar surface area (TPSA) is 17.1 Å². The Bertz CT molecular complexity index is 658. The molecule has 2 atom stereocenters. The Morgan fingerprint density at radius 1 is 0.905 bits per heavy atom. The van der Waals surface area contributed by atoms with Gasteiger partial charge in [0.2, 0.25) is 0 Å². The maximum Gasteiger partial charge on any atom is 0.177 e. The Morgan fingerprint density at radius 2 is 1.52 bits per heavy atom. The van der Waals surface area contributed by atoms with Crippen LogP contribution in [0.5, 0.6) is 0 Å². The van der Waals surface area contributed by atoms with E-state index in [0.29, 0.717) is 20.6 Å².